The summed E-state index contributed by atoms with van der Waals surface area (Å²) in [6, 6.07) is 6.45. The van der Waals surface area contributed by atoms with E-state index in [1.54, 1.807) is 11.3 Å². The zero-order valence-corrected chi connectivity index (χ0v) is 10.7. The molecule has 1 fully saturated rings. The van der Waals surface area contributed by atoms with Crippen LogP contribution in [0.3, 0.4) is 0 Å². The van der Waals surface area contributed by atoms with Crippen molar-refractivity contribution in [1.29, 1.82) is 0 Å². The predicted molar refractivity (Wildman–Crippen MR) is 70.7 cm³/mol. The second-order valence-electron chi connectivity index (χ2n) is 4.48. The van der Waals surface area contributed by atoms with Crippen molar-refractivity contribution in [2.45, 2.75) is 19.4 Å². The Labute approximate surface area is 105 Å². The lowest BCUT2D eigenvalue weighted by Crippen LogP contribution is -2.39. The first-order valence-corrected chi connectivity index (χ1v) is 6.81. The van der Waals surface area contributed by atoms with Gasteiger partial charge in [0.2, 0.25) is 0 Å². The fraction of sp³-hybridized carbons (Fsp3) is 0.462. The van der Waals surface area contributed by atoms with Crippen molar-refractivity contribution < 1.29 is 4.74 Å². The van der Waals surface area contributed by atoms with Crippen LogP contribution in [0.2, 0.25) is 0 Å². The Morgan fingerprint density at radius 2 is 2.47 bits per heavy atom. The van der Waals surface area contributed by atoms with Crippen molar-refractivity contribution in [2.24, 2.45) is 0 Å². The van der Waals surface area contributed by atoms with E-state index in [9.17, 15) is 0 Å². The Morgan fingerprint density at radius 1 is 1.53 bits per heavy atom. The molecule has 1 saturated heterocycles. The molecule has 1 aliphatic rings. The zero-order valence-electron chi connectivity index (χ0n) is 9.90. The number of fused-ring (bicyclic) bond motifs is 1. The smallest absolute Gasteiger partial charge is 0.0964 e. The standard InChI is InChI=1S/C13H16N2OS/c1-9-2-3-12-11(6-9)15-13(17-12)7-10-8-14-4-5-16-10/h2-3,6,10,14H,4-5,7-8H2,1H3. The maximum absolute atomic E-state index is 5.71. The summed E-state index contributed by atoms with van der Waals surface area (Å²) in [5, 5.41) is 4.53. The minimum absolute atomic E-state index is 0.283. The van der Waals surface area contributed by atoms with Crippen LogP contribution in [0.4, 0.5) is 0 Å². The monoisotopic (exact) mass is 248 g/mol. The van der Waals surface area contributed by atoms with Gasteiger partial charge in [-0.25, -0.2) is 4.98 Å². The number of rotatable bonds is 2. The van der Waals surface area contributed by atoms with E-state index < -0.39 is 0 Å². The van der Waals surface area contributed by atoms with Crippen LogP contribution in [-0.4, -0.2) is 30.8 Å². The van der Waals surface area contributed by atoms with Crippen molar-refractivity contribution in [3.05, 3.63) is 28.8 Å². The average molecular weight is 248 g/mol. The number of hydrogen-bond acceptors (Lipinski definition) is 4. The summed E-state index contributed by atoms with van der Waals surface area (Å²) in [5.41, 5.74) is 2.39. The molecule has 1 N–H and O–H groups in total. The number of thiazole rings is 1. The summed E-state index contributed by atoms with van der Waals surface area (Å²) in [6.45, 7) is 4.83. The highest BCUT2D eigenvalue weighted by Gasteiger charge is 2.16. The number of aryl methyl sites for hydroxylation is 1. The Kier molecular flexibility index (Phi) is 3.09. The van der Waals surface area contributed by atoms with Crippen LogP contribution in [0.25, 0.3) is 10.2 Å². The number of aromatic nitrogens is 1. The zero-order chi connectivity index (χ0) is 11.7. The van der Waals surface area contributed by atoms with E-state index in [2.05, 4.69) is 35.4 Å². The number of benzene rings is 1. The van der Waals surface area contributed by atoms with E-state index in [-0.39, 0.29) is 6.10 Å². The van der Waals surface area contributed by atoms with Crippen molar-refractivity contribution in [3.63, 3.8) is 0 Å². The third-order valence-corrected chi connectivity index (χ3v) is 4.05. The summed E-state index contributed by atoms with van der Waals surface area (Å²) < 4.78 is 6.98. The SMILES string of the molecule is Cc1ccc2sc(CC3CNCCO3)nc2c1. The molecule has 1 atom stereocenters. The molecule has 4 heteroatoms. The fourth-order valence-electron chi connectivity index (χ4n) is 2.12. The molecule has 2 aromatic rings. The van der Waals surface area contributed by atoms with Gasteiger partial charge in [0.25, 0.3) is 0 Å². The molecule has 1 aromatic heterocycles. The Morgan fingerprint density at radius 3 is 3.29 bits per heavy atom. The molecule has 1 aromatic carbocycles. The lowest BCUT2D eigenvalue weighted by atomic mass is 10.2. The average Bonchev–Trinajstić information content (AvgIpc) is 2.71. The fourth-order valence-corrected chi connectivity index (χ4v) is 3.13. The van der Waals surface area contributed by atoms with Crippen LogP contribution < -0.4 is 5.32 Å². The first-order chi connectivity index (χ1) is 8.31. The number of nitrogens with one attached hydrogen (secondary N) is 1. The topological polar surface area (TPSA) is 34.1 Å². The van der Waals surface area contributed by atoms with E-state index in [1.807, 2.05) is 0 Å². The van der Waals surface area contributed by atoms with Gasteiger partial charge in [0.15, 0.2) is 0 Å². The third kappa shape index (κ3) is 2.49. The van der Waals surface area contributed by atoms with Gasteiger partial charge in [-0.3, -0.25) is 0 Å². The molecule has 3 nitrogen and oxygen atoms in total. The Hall–Kier alpha value is -0.970. The summed E-state index contributed by atoms with van der Waals surface area (Å²) in [4.78, 5) is 4.68. The van der Waals surface area contributed by atoms with Crippen molar-refractivity contribution >= 4 is 21.6 Å². The first kappa shape index (κ1) is 11.1. The summed E-state index contributed by atoms with van der Waals surface area (Å²) in [5.74, 6) is 0. The van der Waals surface area contributed by atoms with Gasteiger partial charge in [-0.05, 0) is 24.6 Å². The van der Waals surface area contributed by atoms with Gasteiger partial charge >= 0.3 is 0 Å². The van der Waals surface area contributed by atoms with E-state index >= 15 is 0 Å². The number of ether oxygens (including phenoxy) is 1. The van der Waals surface area contributed by atoms with E-state index in [0.717, 1.165) is 31.6 Å². The van der Waals surface area contributed by atoms with Gasteiger partial charge in [0, 0.05) is 19.5 Å². The highest BCUT2D eigenvalue weighted by molar-refractivity contribution is 7.18. The number of hydrogen-bond donors (Lipinski definition) is 1. The molecule has 0 radical (unpaired) electrons. The maximum atomic E-state index is 5.71. The normalized spacial score (nSPS) is 20.9. The molecule has 90 valence electrons. The van der Waals surface area contributed by atoms with E-state index in [0.29, 0.717) is 0 Å². The van der Waals surface area contributed by atoms with E-state index in [4.69, 9.17) is 4.74 Å². The molecule has 1 unspecified atom stereocenters. The van der Waals surface area contributed by atoms with E-state index in [1.165, 1.54) is 15.3 Å². The van der Waals surface area contributed by atoms with Crippen LogP contribution in [0.15, 0.2) is 18.2 Å². The van der Waals surface area contributed by atoms with Crippen molar-refractivity contribution in [3.8, 4) is 0 Å². The predicted octanol–water partition coefficient (Wildman–Crippen LogP) is 2.14. The highest BCUT2D eigenvalue weighted by atomic mass is 32.1. The largest absolute Gasteiger partial charge is 0.375 e. The minimum Gasteiger partial charge on any atom is -0.375 e. The van der Waals surface area contributed by atoms with Crippen LogP contribution in [-0.2, 0) is 11.2 Å². The van der Waals surface area contributed by atoms with Gasteiger partial charge in [-0.15, -0.1) is 11.3 Å². The minimum atomic E-state index is 0.283. The van der Waals surface area contributed by atoms with Crippen LogP contribution in [0.1, 0.15) is 10.6 Å². The molecule has 0 bridgehead atoms. The van der Waals surface area contributed by atoms with Crippen LogP contribution in [0.5, 0.6) is 0 Å². The van der Waals surface area contributed by atoms with Gasteiger partial charge < -0.3 is 10.1 Å². The highest BCUT2D eigenvalue weighted by Crippen LogP contribution is 2.24. The molecule has 2 heterocycles. The van der Waals surface area contributed by atoms with Gasteiger partial charge in [0.1, 0.15) is 0 Å². The van der Waals surface area contributed by atoms with Gasteiger partial charge in [0.05, 0.1) is 27.9 Å². The van der Waals surface area contributed by atoms with Crippen LogP contribution >= 0.6 is 11.3 Å². The molecular formula is C13H16N2OS. The summed E-state index contributed by atoms with van der Waals surface area (Å²) in [7, 11) is 0. The van der Waals surface area contributed by atoms with Crippen LogP contribution in [0, 0.1) is 6.92 Å². The molecule has 0 saturated carbocycles. The van der Waals surface area contributed by atoms with Crippen molar-refractivity contribution in [1.82, 2.24) is 10.3 Å². The second-order valence-corrected chi connectivity index (χ2v) is 5.60. The quantitative estimate of drug-likeness (QED) is 0.884. The maximum Gasteiger partial charge on any atom is 0.0964 e. The molecule has 0 amide bonds. The molecule has 0 aliphatic carbocycles. The lowest BCUT2D eigenvalue weighted by molar-refractivity contribution is 0.0292. The first-order valence-electron chi connectivity index (χ1n) is 6.00. The molecule has 0 spiro atoms. The number of nitrogens with zero attached hydrogens (tertiary/aromatic N) is 1. The molecule has 1 aliphatic heterocycles. The lowest BCUT2D eigenvalue weighted by Gasteiger charge is -2.22. The van der Waals surface area contributed by atoms with Gasteiger partial charge in [-0.1, -0.05) is 6.07 Å². The second kappa shape index (κ2) is 4.72. The Bertz CT molecular complexity index is 517. The molecule has 17 heavy (non-hydrogen) atoms. The molecule has 3 rings (SSSR count). The summed E-state index contributed by atoms with van der Waals surface area (Å²) in [6.07, 6.45) is 1.20. The Balaban J connectivity index is 1.80. The number of morpholine rings is 1. The van der Waals surface area contributed by atoms with Gasteiger partial charge in [-0.2, -0.15) is 0 Å². The third-order valence-electron chi connectivity index (χ3n) is 2.99. The molecular weight excluding hydrogens is 232 g/mol. The summed E-state index contributed by atoms with van der Waals surface area (Å²) >= 11 is 1.78. The van der Waals surface area contributed by atoms with Crippen molar-refractivity contribution in [2.75, 3.05) is 19.7 Å².